The van der Waals surface area contributed by atoms with Crippen molar-refractivity contribution in [2.75, 3.05) is 0 Å². The molecule has 0 radical (unpaired) electrons. The van der Waals surface area contributed by atoms with E-state index < -0.39 is 30.1 Å². The van der Waals surface area contributed by atoms with Crippen LogP contribution in [0.2, 0.25) is 0 Å². The number of alkyl halides is 2. The minimum Gasteiger partial charge on any atom is -0.481 e. The normalized spacial score (nSPS) is 19.9. The molecule has 1 aliphatic rings. The summed E-state index contributed by atoms with van der Waals surface area (Å²) in [6.07, 6.45) is 0.905. The fraction of sp³-hybridized carbons (Fsp3) is 0.889. The van der Waals surface area contributed by atoms with Gasteiger partial charge in [-0.3, -0.25) is 4.79 Å². The zero-order valence-corrected chi connectivity index (χ0v) is 7.59. The Balaban J connectivity index is 2.57. The molecule has 1 fully saturated rings. The van der Waals surface area contributed by atoms with Crippen LogP contribution >= 0.6 is 0 Å². The second-order valence-corrected chi connectivity index (χ2v) is 3.65. The largest absolute Gasteiger partial charge is 0.481 e. The van der Waals surface area contributed by atoms with E-state index in [4.69, 9.17) is 5.11 Å². The Kier molecular flexibility index (Phi) is 2.88. The number of halogens is 2. The summed E-state index contributed by atoms with van der Waals surface area (Å²) in [4.78, 5) is 10.3. The highest BCUT2D eigenvalue weighted by atomic mass is 19.3. The molecule has 4 heteroatoms. The van der Waals surface area contributed by atoms with E-state index in [-0.39, 0.29) is 6.42 Å². The number of carbonyl (C=O) groups is 1. The first kappa shape index (κ1) is 10.4. The van der Waals surface area contributed by atoms with Crippen molar-refractivity contribution in [3.8, 4) is 0 Å². The molecule has 0 aromatic rings. The molecular formula is C9H14F2O2. The predicted octanol–water partition coefficient (Wildman–Crippen LogP) is 2.53. The molecule has 76 valence electrons. The quantitative estimate of drug-likeness (QED) is 0.726. The van der Waals surface area contributed by atoms with Crippen molar-refractivity contribution in [2.45, 2.75) is 38.5 Å². The maximum absolute atomic E-state index is 13.4. The molecule has 0 aromatic heterocycles. The maximum atomic E-state index is 13.4. The standard InChI is InChI=1S/C9H14F2O2/c1-2-6(5-8(12)13)9(10,11)7-3-4-7/h6-7H,2-5H2,1H3,(H,12,13). The van der Waals surface area contributed by atoms with Gasteiger partial charge in [0.1, 0.15) is 0 Å². The molecule has 1 unspecified atom stereocenters. The van der Waals surface area contributed by atoms with Crippen molar-refractivity contribution in [2.24, 2.45) is 11.8 Å². The minimum atomic E-state index is -2.77. The van der Waals surface area contributed by atoms with Gasteiger partial charge in [0.15, 0.2) is 0 Å². The van der Waals surface area contributed by atoms with Gasteiger partial charge in [-0.05, 0) is 19.3 Å². The van der Waals surface area contributed by atoms with E-state index in [1.165, 1.54) is 0 Å². The summed E-state index contributed by atoms with van der Waals surface area (Å²) in [6.45, 7) is 1.61. The molecule has 1 N–H and O–H groups in total. The van der Waals surface area contributed by atoms with Crippen LogP contribution in [0.3, 0.4) is 0 Å². The third-order valence-electron chi connectivity index (χ3n) is 2.58. The summed E-state index contributed by atoms with van der Waals surface area (Å²) in [5.74, 6) is -5.45. The lowest BCUT2D eigenvalue weighted by Crippen LogP contribution is -2.32. The molecule has 1 saturated carbocycles. The third kappa shape index (κ3) is 2.39. The van der Waals surface area contributed by atoms with Gasteiger partial charge in [-0.15, -0.1) is 0 Å². The zero-order valence-electron chi connectivity index (χ0n) is 7.59. The van der Waals surface area contributed by atoms with Crippen LogP contribution in [0.4, 0.5) is 8.78 Å². The summed E-state index contributed by atoms with van der Waals surface area (Å²) in [6, 6.07) is 0. The third-order valence-corrected chi connectivity index (χ3v) is 2.58. The summed E-state index contributed by atoms with van der Waals surface area (Å²) in [5.41, 5.74) is 0. The van der Waals surface area contributed by atoms with E-state index in [0.717, 1.165) is 0 Å². The van der Waals surface area contributed by atoms with E-state index in [0.29, 0.717) is 12.8 Å². The van der Waals surface area contributed by atoms with Crippen LogP contribution < -0.4 is 0 Å². The Morgan fingerprint density at radius 1 is 1.62 bits per heavy atom. The van der Waals surface area contributed by atoms with E-state index in [1.807, 2.05) is 0 Å². The van der Waals surface area contributed by atoms with Crippen LogP contribution in [0.15, 0.2) is 0 Å². The van der Waals surface area contributed by atoms with Crippen molar-refractivity contribution in [1.82, 2.24) is 0 Å². The van der Waals surface area contributed by atoms with E-state index in [9.17, 15) is 13.6 Å². The molecule has 1 atom stereocenters. The average molecular weight is 192 g/mol. The monoisotopic (exact) mass is 192 g/mol. The fourth-order valence-corrected chi connectivity index (χ4v) is 1.56. The molecule has 1 rings (SSSR count). The van der Waals surface area contributed by atoms with Gasteiger partial charge in [-0.25, -0.2) is 8.78 Å². The number of hydrogen-bond acceptors (Lipinski definition) is 1. The van der Waals surface area contributed by atoms with Crippen molar-refractivity contribution < 1.29 is 18.7 Å². The second kappa shape index (κ2) is 3.60. The van der Waals surface area contributed by atoms with Crippen LogP contribution in [0.5, 0.6) is 0 Å². The highest BCUT2D eigenvalue weighted by Crippen LogP contribution is 2.49. The molecule has 0 amide bonds. The summed E-state index contributed by atoms with van der Waals surface area (Å²) >= 11 is 0. The van der Waals surface area contributed by atoms with Crippen molar-refractivity contribution >= 4 is 5.97 Å². The number of hydrogen-bond donors (Lipinski definition) is 1. The van der Waals surface area contributed by atoms with Crippen molar-refractivity contribution in [1.29, 1.82) is 0 Å². The van der Waals surface area contributed by atoms with Crippen LogP contribution in [0.1, 0.15) is 32.6 Å². The van der Waals surface area contributed by atoms with Crippen molar-refractivity contribution in [3.63, 3.8) is 0 Å². The minimum absolute atomic E-state index is 0.232. The predicted molar refractivity (Wildman–Crippen MR) is 43.7 cm³/mol. The Morgan fingerprint density at radius 3 is 2.46 bits per heavy atom. The zero-order chi connectivity index (χ0) is 10.1. The molecule has 0 heterocycles. The highest BCUT2D eigenvalue weighted by molar-refractivity contribution is 5.67. The molecule has 0 aliphatic heterocycles. The molecule has 0 saturated heterocycles. The number of rotatable bonds is 5. The van der Waals surface area contributed by atoms with Gasteiger partial charge < -0.3 is 5.11 Å². The average Bonchev–Trinajstić information content (AvgIpc) is 2.81. The Hall–Kier alpha value is -0.670. The first-order valence-electron chi connectivity index (χ1n) is 4.58. The van der Waals surface area contributed by atoms with E-state index in [1.54, 1.807) is 6.92 Å². The van der Waals surface area contributed by atoms with Gasteiger partial charge in [0.2, 0.25) is 0 Å². The lowest BCUT2D eigenvalue weighted by atomic mass is 9.91. The van der Waals surface area contributed by atoms with E-state index in [2.05, 4.69) is 0 Å². The van der Waals surface area contributed by atoms with Gasteiger partial charge in [0.25, 0.3) is 5.92 Å². The molecule has 0 aromatic carbocycles. The van der Waals surface area contributed by atoms with Crippen LogP contribution in [0, 0.1) is 11.8 Å². The molecule has 2 nitrogen and oxygen atoms in total. The molecular weight excluding hydrogens is 178 g/mol. The Bertz CT molecular complexity index is 200. The molecule has 1 aliphatic carbocycles. The van der Waals surface area contributed by atoms with Gasteiger partial charge >= 0.3 is 5.97 Å². The summed E-state index contributed by atoms with van der Waals surface area (Å²) in [5, 5.41) is 8.45. The Labute approximate surface area is 75.9 Å². The lowest BCUT2D eigenvalue weighted by Gasteiger charge is -2.24. The van der Waals surface area contributed by atoms with Gasteiger partial charge in [-0.2, -0.15) is 0 Å². The van der Waals surface area contributed by atoms with Gasteiger partial charge in [0.05, 0.1) is 6.42 Å². The van der Waals surface area contributed by atoms with Gasteiger partial charge in [-0.1, -0.05) is 6.92 Å². The topological polar surface area (TPSA) is 37.3 Å². The van der Waals surface area contributed by atoms with E-state index >= 15 is 0 Å². The first-order chi connectivity index (χ1) is 5.98. The van der Waals surface area contributed by atoms with Gasteiger partial charge in [0, 0.05) is 11.8 Å². The second-order valence-electron chi connectivity index (χ2n) is 3.65. The molecule has 0 spiro atoms. The SMILES string of the molecule is CCC(CC(=O)O)C(F)(F)C1CC1. The Morgan fingerprint density at radius 2 is 2.15 bits per heavy atom. The number of carboxylic acid groups (broad SMARTS) is 1. The summed E-state index contributed by atoms with van der Waals surface area (Å²) in [7, 11) is 0. The summed E-state index contributed by atoms with van der Waals surface area (Å²) < 4.78 is 26.7. The maximum Gasteiger partial charge on any atom is 0.303 e. The van der Waals surface area contributed by atoms with Crippen LogP contribution in [-0.4, -0.2) is 17.0 Å². The fourth-order valence-electron chi connectivity index (χ4n) is 1.56. The molecule has 0 bridgehead atoms. The number of aliphatic carboxylic acids is 1. The van der Waals surface area contributed by atoms with Crippen LogP contribution in [0.25, 0.3) is 0 Å². The highest BCUT2D eigenvalue weighted by Gasteiger charge is 2.51. The van der Waals surface area contributed by atoms with Crippen molar-refractivity contribution in [3.05, 3.63) is 0 Å². The molecule has 13 heavy (non-hydrogen) atoms. The first-order valence-corrected chi connectivity index (χ1v) is 4.58. The van der Waals surface area contributed by atoms with Crippen LogP contribution in [-0.2, 0) is 4.79 Å². The smallest absolute Gasteiger partial charge is 0.303 e. The number of carboxylic acids is 1. The lowest BCUT2D eigenvalue weighted by molar-refractivity contribution is -0.145.